The van der Waals surface area contributed by atoms with E-state index in [-0.39, 0.29) is 35.6 Å². The summed E-state index contributed by atoms with van der Waals surface area (Å²) in [6.07, 6.45) is 7.01. The van der Waals surface area contributed by atoms with Crippen molar-refractivity contribution >= 4 is 17.6 Å². The van der Waals surface area contributed by atoms with Gasteiger partial charge in [-0.15, -0.1) is 0 Å². The molecule has 0 radical (unpaired) electrons. The third-order valence-electron chi connectivity index (χ3n) is 7.49. The number of nitrogens with zero attached hydrogens (tertiary/aromatic N) is 3. The maximum absolute atomic E-state index is 14.9. The molecule has 1 aliphatic carbocycles. The Kier molecular flexibility index (Phi) is 8.41. The molecule has 1 aromatic carbocycles. The second-order valence-corrected chi connectivity index (χ2v) is 11.4. The van der Waals surface area contributed by atoms with Gasteiger partial charge in [-0.3, -0.25) is 4.79 Å². The lowest BCUT2D eigenvalue weighted by Gasteiger charge is -2.33. The van der Waals surface area contributed by atoms with E-state index in [0.29, 0.717) is 45.5 Å². The highest BCUT2D eigenvalue weighted by atomic mass is 19.1. The molecule has 2 saturated heterocycles. The van der Waals surface area contributed by atoms with Gasteiger partial charge in [0, 0.05) is 25.6 Å². The zero-order valence-corrected chi connectivity index (χ0v) is 22.2. The largest absolute Gasteiger partial charge is 0.490 e. The maximum atomic E-state index is 14.9. The first-order chi connectivity index (χ1) is 17.6. The number of benzene rings is 1. The van der Waals surface area contributed by atoms with Crippen LogP contribution in [0.15, 0.2) is 24.3 Å². The molecule has 200 valence electrons. The lowest BCUT2D eigenvalue weighted by Crippen LogP contribution is -2.42. The number of carbonyl (C=O) groups excluding carboxylic acids is 2. The monoisotopic (exact) mass is 511 g/mol. The molecule has 37 heavy (non-hydrogen) atoms. The van der Waals surface area contributed by atoms with E-state index >= 15 is 0 Å². The number of ether oxygens (including phenoxy) is 2. The van der Waals surface area contributed by atoms with Gasteiger partial charge in [0.2, 0.25) is 5.91 Å². The molecule has 2 unspecified atom stereocenters. The number of carbonyl (C=O) groups is 2. The Bertz CT molecular complexity index is 1070. The quantitative estimate of drug-likeness (QED) is 0.518. The SMILES string of the molecule is CC(C)(C)OC(=O)N1CCC(COc2ccc(C3=CCC(C(=O)N4CCCC4C#N)CC3)cc2F)CC1. The van der Waals surface area contributed by atoms with Crippen LogP contribution in [0.5, 0.6) is 5.75 Å². The molecule has 4 rings (SSSR count). The van der Waals surface area contributed by atoms with Gasteiger partial charge in [-0.2, -0.15) is 5.26 Å². The van der Waals surface area contributed by atoms with Crippen molar-refractivity contribution in [3.8, 4) is 11.8 Å². The number of amides is 2. The third kappa shape index (κ3) is 6.82. The van der Waals surface area contributed by atoms with Crippen molar-refractivity contribution in [3.63, 3.8) is 0 Å². The van der Waals surface area contributed by atoms with Crippen molar-refractivity contribution in [1.82, 2.24) is 9.80 Å². The third-order valence-corrected chi connectivity index (χ3v) is 7.49. The highest BCUT2D eigenvalue weighted by molar-refractivity contribution is 5.81. The number of allylic oxidation sites excluding steroid dienone is 2. The summed E-state index contributed by atoms with van der Waals surface area (Å²) in [6.45, 7) is 7.86. The molecule has 0 bridgehead atoms. The van der Waals surface area contributed by atoms with Crippen LogP contribution in [-0.4, -0.2) is 59.7 Å². The molecule has 0 aromatic heterocycles. The van der Waals surface area contributed by atoms with Crippen LogP contribution in [0.3, 0.4) is 0 Å². The number of piperidine rings is 1. The zero-order chi connectivity index (χ0) is 26.6. The van der Waals surface area contributed by atoms with Gasteiger partial charge < -0.3 is 19.3 Å². The first kappa shape index (κ1) is 27.0. The summed E-state index contributed by atoms with van der Waals surface area (Å²) in [5.41, 5.74) is 1.35. The number of nitriles is 1. The Morgan fingerprint density at radius 1 is 1.14 bits per heavy atom. The van der Waals surface area contributed by atoms with E-state index in [2.05, 4.69) is 6.07 Å². The fourth-order valence-corrected chi connectivity index (χ4v) is 5.35. The molecule has 3 aliphatic rings. The van der Waals surface area contributed by atoms with Crippen LogP contribution in [-0.2, 0) is 9.53 Å². The van der Waals surface area contributed by atoms with Crippen LogP contribution in [0.2, 0.25) is 0 Å². The van der Waals surface area contributed by atoms with E-state index in [0.717, 1.165) is 36.8 Å². The molecule has 0 spiro atoms. The summed E-state index contributed by atoms with van der Waals surface area (Å²) in [4.78, 5) is 28.6. The lowest BCUT2D eigenvalue weighted by molar-refractivity contribution is -0.135. The Morgan fingerprint density at radius 3 is 2.51 bits per heavy atom. The molecule has 2 aliphatic heterocycles. The molecule has 7 nitrogen and oxygen atoms in total. The first-order valence-electron chi connectivity index (χ1n) is 13.4. The van der Waals surface area contributed by atoms with Crippen molar-refractivity contribution in [2.45, 2.75) is 77.4 Å². The summed E-state index contributed by atoms with van der Waals surface area (Å²) in [5.74, 6) is 0.0682. The molecular formula is C29H38FN3O4. The van der Waals surface area contributed by atoms with E-state index in [1.807, 2.05) is 32.9 Å². The van der Waals surface area contributed by atoms with Gasteiger partial charge in [-0.05, 0) is 94.9 Å². The lowest BCUT2D eigenvalue weighted by atomic mass is 9.85. The number of hydrogen-bond acceptors (Lipinski definition) is 5. The fourth-order valence-electron chi connectivity index (χ4n) is 5.35. The van der Waals surface area contributed by atoms with E-state index in [1.165, 1.54) is 6.07 Å². The van der Waals surface area contributed by atoms with Crippen molar-refractivity contribution in [2.75, 3.05) is 26.2 Å². The van der Waals surface area contributed by atoms with E-state index < -0.39 is 11.4 Å². The molecule has 2 amide bonds. The summed E-state index contributed by atoms with van der Waals surface area (Å²) in [5, 5.41) is 9.28. The number of halogens is 1. The van der Waals surface area contributed by atoms with E-state index in [4.69, 9.17) is 9.47 Å². The molecule has 0 saturated carbocycles. The van der Waals surface area contributed by atoms with Crippen LogP contribution < -0.4 is 4.74 Å². The predicted octanol–water partition coefficient (Wildman–Crippen LogP) is 5.55. The Labute approximate surface area is 219 Å². The Morgan fingerprint density at radius 2 is 1.89 bits per heavy atom. The normalized spacial score (nSPS) is 22.8. The molecular weight excluding hydrogens is 473 g/mol. The predicted molar refractivity (Wildman–Crippen MR) is 138 cm³/mol. The standard InChI is InChI=1S/C29H38FN3O4/c1-29(2,3)37-28(35)32-15-12-20(13-16-32)19-36-26-11-10-23(17-25(26)30)21-6-8-22(9-7-21)27(34)33-14-4-5-24(33)18-31/h6,10-11,17,20,22,24H,4-5,7-9,12-16,19H2,1-3H3. The van der Waals surface area contributed by atoms with Crippen LogP contribution in [0.1, 0.15) is 71.3 Å². The molecule has 1 aromatic rings. The second kappa shape index (κ2) is 11.5. The topological polar surface area (TPSA) is 82.9 Å². The highest BCUT2D eigenvalue weighted by Crippen LogP contribution is 2.34. The number of likely N-dealkylation sites (tertiary alicyclic amines) is 2. The van der Waals surface area contributed by atoms with Gasteiger partial charge in [0.25, 0.3) is 0 Å². The molecule has 2 fully saturated rings. The molecule has 2 heterocycles. The summed E-state index contributed by atoms with van der Waals surface area (Å²) in [6, 6.07) is 7.02. The number of rotatable bonds is 5. The summed E-state index contributed by atoms with van der Waals surface area (Å²) >= 11 is 0. The average Bonchev–Trinajstić information content (AvgIpc) is 3.36. The average molecular weight is 512 g/mol. The van der Waals surface area contributed by atoms with Crippen LogP contribution in [0, 0.1) is 29.0 Å². The van der Waals surface area contributed by atoms with Gasteiger partial charge in [0.05, 0.1) is 12.7 Å². The molecule has 0 N–H and O–H groups in total. The van der Waals surface area contributed by atoms with E-state index in [9.17, 15) is 19.2 Å². The molecule has 8 heteroatoms. The van der Waals surface area contributed by atoms with Crippen LogP contribution >= 0.6 is 0 Å². The van der Waals surface area contributed by atoms with Gasteiger partial charge >= 0.3 is 6.09 Å². The zero-order valence-electron chi connectivity index (χ0n) is 22.2. The smallest absolute Gasteiger partial charge is 0.410 e. The van der Waals surface area contributed by atoms with E-state index in [1.54, 1.807) is 15.9 Å². The molecule has 2 atom stereocenters. The minimum absolute atomic E-state index is 0.0752. The minimum atomic E-state index is -0.511. The van der Waals surface area contributed by atoms with Gasteiger partial charge in [-0.25, -0.2) is 9.18 Å². The second-order valence-electron chi connectivity index (χ2n) is 11.4. The van der Waals surface area contributed by atoms with Crippen molar-refractivity contribution in [3.05, 3.63) is 35.7 Å². The van der Waals surface area contributed by atoms with Crippen molar-refractivity contribution in [1.29, 1.82) is 5.26 Å². The van der Waals surface area contributed by atoms with Gasteiger partial charge in [-0.1, -0.05) is 12.1 Å². The minimum Gasteiger partial charge on any atom is -0.490 e. The van der Waals surface area contributed by atoms with Gasteiger partial charge in [0.15, 0.2) is 11.6 Å². The van der Waals surface area contributed by atoms with Crippen molar-refractivity contribution in [2.24, 2.45) is 11.8 Å². The summed E-state index contributed by atoms with van der Waals surface area (Å²) < 4.78 is 26.1. The van der Waals surface area contributed by atoms with Gasteiger partial charge in [0.1, 0.15) is 11.6 Å². The van der Waals surface area contributed by atoms with Crippen molar-refractivity contribution < 1.29 is 23.5 Å². The number of hydrogen-bond donors (Lipinski definition) is 0. The maximum Gasteiger partial charge on any atom is 0.410 e. The van der Waals surface area contributed by atoms with Crippen LogP contribution in [0.25, 0.3) is 5.57 Å². The fraction of sp³-hybridized carbons (Fsp3) is 0.621. The Balaban J connectivity index is 1.26. The first-order valence-corrected chi connectivity index (χ1v) is 13.4. The Hall–Kier alpha value is -3.08. The summed E-state index contributed by atoms with van der Waals surface area (Å²) in [7, 11) is 0. The van der Waals surface area contributed by atoms with Crippen LogP contribution in [0.4, 0.5) is 9.18 Å². The highest BCUT2D eigenvalue weighted by Gasteiger charge is 2.34.